The van der Waals surface area contributed by atoms with Crippen LogP contribution in [0.2, 0.25) is 0 Å². The molecule has 0 aromatic heterocycles. The van der Waals surface area contributed by atoms with Crippen molar-refractivity contribution in [1.82, 2.24) is 0 Å². The van der Waals surface area contributed by atoms with Gasteiger partial charge in [-0.05, 0) is 31.1 Å². The van der Waals surface area contributed by atoms with E-state index in [2.05, 4.69) is 13.5 Å². The Kier molecular flexibility index (Phi) is 13.8. The fourth-order valence-corrected chi connectivity index (χ4v) is 3.34. The van der Waals surface area contributed by atoms with Gasteiger partial charge in [0.1, 0.15) is 0 Å². The number of carbonyl (C=O) groups excluding carboxylic acids is 2. The number of hydrogen-bond donors (Lipinski definition) is 1. The number of esters is 2. The third-order valence-corrected chi connectivity index (χ3v) is 5.89. The molecule has 0 aliphatic heterocycles. The summed E-state index contributed by atoms with van der Waals surface area (Å²) in [6.45, 7) is 9.82. The molecule has 8 heteroatoms. The minimum atomic E-state index is -4.78. The number of hydrogen-bond acceptors (Lipinski definition) is 6. The molecule has 0 aliphatic rings. The molecule has 0 aromatic rings. The van der Waals surface area contributed by atoms with E-state index in [-0.39, 0.29) is 25.0 Å². The molecule has 0 bridgehead atoms. The van der Waals surface area contributed by atoms with E-state index in [0.29, 0.717) is 0 Å². The minimum Gasteiger partial charge on any atom is -0.465 e. The highest BCUT2D eigenvalue weighted by Gasteiger charge is 2.36. The third-order valence-electron chi connectivity index (χ3n) is 4.82. The van der Waals surface area contributed by atoms with E-state index in [1.165, 1.54) is 0 Å². The van der Waals surface area contributed by atoms with E-state index in [4.69, 9.17) is 9.47 Å². The Morgan fingerprint density at radius 3 is 2.11 bits per heavy atom. The van der Waals surface area contributed by atoms with Crippen molar-refractivity contribution in [3.63, 3.8) is 0 Å². The van der Waals surface area contributed by atoms with Crippen LogP contribution in [0.25, 0.3) is 0 Å². The summed E-state index contributed by atoms with van der Waals surface area (Å²) in [5.41, 5.74) is 0. The van der Waals surface area contributed by atoms with Crippen LogP contribution in [0, 0.1) is 11.8 Å². The number of rotatable bonds is 16. The highest BCUT2D eigenvalue weighted by Crippen LogP contribution is 2.16. The summed E-state index contributed by atoms with van der Waals surface area (Å²) < 4.78 is 42.7. The topological polar surface area (TPSA) is 107 Å². The Labute approximate surface area is 169 Å². The fraction of sp³-hybridized carbons (Fsp3) is 0.800. The molecule has 164 valence electrons. The molecule has 0 amide bonds. The Morgan fingerprint density at radius 2 is 1.61 bits per heavy atom. The molecule has 0 fully saturated rings. The van der Waals surface area contributed by atoms with E-state index >= 15 is 0 Å². The SMILES string of the molecule is C=CCC[C@H](CC)COC(=O)C(CC(=O)OC[C@@H](CC)CCCC)S(=O)(=O)O. The normalized spacial score (nSPS) is 14.7. The molecule has 0 heterocycles. The van der Waals surface area contributed by atoms with Gasteiger partial charge >= 0.3 is 11.9 Å². The van der Waals surface area contributed by atoms with Crippen LogP contribution in [0.15, 0.2) is 12.7 Å². The van der Waals surface area contributed by atoms with Gasteiger partial charge < -0.3 is 9.47 Å². The van der Waals surface area contributed by atoms with E-state index in [1.807, 2.05) is 13.8 Å². The van der Waals surface area contributed by atoms with Gasteiger partial charge in [-0.25, -0.2) is 0 Å². The summed E-state index contributed by atoms with van der Waals surface area (Å²) in [6.07, 6.45) is 7.04. The fourth-order valence-electron chi connectivity index (χ4n) is 2.68. The van der Waals surface area contributed by atoms with Gasteiger partial charge in [0.15, 0.2) is 5.25 Å². The molecule has 0 aliphatic carbocycles. The molecule has 0 saturated carbocycles. The molecular weight excluding hydrogens is 384 g/mol. The van der Waals surface area contributed by atoms with Crippen molar-refractivity contribution >= 4 is 22.1 Å². The first-order valence-electron chi connectivity index (χ1n) is 10.1. The molecule has 0 radical (unpaired) electrons. The summed E-state index contributed by atoms with van der Waals surface area (Å²) in [5, 5.41) is -1.97. The van der Waals surface area contributed by atoms with Crippen molar-refractivity contribution in [3.8, 4) is 0 Å². The number of unbranched alkanes of at least 4 members (excludes halogenated alkanes) is 1. The molecular formula is C20H36O7S. The lowest BCUT2D eigenvalue weighted by atomic mass is 10.0. The Balaban J connectivity index is 4.75. The lowest BCUT2D eigenvalue weighted by Crippen LogP contribution is -2.35. The van der Waals surface area contributed by atoms with Crippen molar-refractivity contribution in [2.75, 3.05) is 13.2 Å². The number of carbonyl (C=O) groups is 2. The van der Waals surface area contributed by atoms with Crippen LogP contribution in [0.1, 0.15) is 72.1 Å². The van der Waals surface area contributed by atoms with Gasteiger partial charge in [0.2, 0.25) is 0 Å². The number of allylic oxidation sites excluding steroid dienone is 1. The molecule has 28 heavy (non-hydrogen) atoms. The highest BCUT2D eigenvalue weighted by molar-refractivity contribution is 7.87. The van der Waals surface area contributed by atoms with Crippen LogP contribution in [0.5, 0.6) is 0 Å². The van der Waals surface area contributed by atoms with E-state index < -0.39 is 33.7 Å². The summed E-state index contributed by atoms with van der Waals surface area (Å²) in [4.78, 5) is 24.2. The van der Waals surface area contributed by atoms with Gasteiger partial charge in [-0.15, -0.1) is 6.58 Å². The van der Waals surface area contributed by atoms with Gasteiger partial charge in [0.25, 0.3) is 10.1 Å². The minimum absolute atomic E-state index is 0.0270. The maximum absolute atomic E-state index is 12.2. The molecule has 0 aromatic carbocycles. The van der Waals surface area contributed by atoms with E-state index in [1.54, 1.807) is 6.08 Å². The van der Waals surface area contributed by atoms with Crippen molar-refractivity contribution < 1.29 is 32.0 Å². The predicted molar refractivity (Wildman–Crippen MR) is 108 cm³/mol. The van der Waals surface area contributed by atoms with Crippen LogP contribution in [0.4, 0.5) is 0 Å². The number of ether oxygens (including phenoxy) is 2. The molecule has 0 saturated heterocycles. The van der Waals surface area contributed by atoms with Gasteiger partial charge in [-0.2, -0.15) is 8.42 Å². The summed E-state index contributed by atoms with van der Waals surface area (Å²) >= 11 is 0. The van der Waals surface area contributed by atoms with Crippen LogP contribution < -0.4 is 0 Å². The largest absolute Gasteiger partial charge is 0.465 e. The zero-order chi connectivity index (χ0) is 21.6. The Hall–Kier alpha value is -1.41. The van der Waals surface area contributed by atoms with Gasteiger partial charge in [0, 0.05) is 0 Å². The second-order valence-corrected chi connectivity index (χ2v) is 8.68. The highest BCUT2D eigenvalue weighted by atomic mass is 32.2. The van der Waals surface area contributed by atoms with Crippen LogP contribution in [-0.4, -0.2) is 43.4 Å². The van der Waals surface area contributed by atoms with Crippen LogP contribution in [-0.2, 0) is 29.2 Å². The molecule has 0 rings (SSSR count). The average molecular weight is 421 g/mol. The molecule has 0 spiro atoms. The van der Waals surface area contributed by atoms with Crippen molar-refractivity contribution in [1.29, 1.82) is 0 Å². The Morgan fingerprint density at radius 1 is 1.04 bits per heavy atom. The van der Waals surface area contributed by atoms with Gasteiger partial charge in [0.05, 0.1) is 19.6 Å². The summed E-state index contributed by atoms with van der Waals surface area (Å²) in [7, 11) is -4.78. The average Bonchev–Trinajstić information content (AvgIpc) is 2.65. The van der Waals surface area contributed by atoms with Crippen molar-refractivity contribution in [3.05, 3.63) is 12.7 Å². The van der Waals surface area contributed by atoms with E-state index in [0.717, 1.165) is 44.9 Å². The predicted octanol–water partition coefficient (Wildman–Crippen LogP) is 3.93. The standard InChI is InChI=1S/C20H36O7S/c1-5-9-11-16(7-3)14-26-19(21)13-18(28(23,24)25)20(22)27-15-17(8-4)12-10-6-2/h6,16-18H,2,5,7-15H2,1,3-4H3,(H,23,24,25)/t16-,17-,18?/m0/s1. The first kappa shape index (κ1) is 26.6. The van der Waals surface area contributed by atoms with E-state index in [9.17, 15) is 22.6 Å². The van der Waals surface area contributed by atoms with Gasteiger partial charge in [-0.1, -0.05) is 52.5 Å². The Bertz CT molecular complexity index is 571. The van der Waals surface area contributed by atoms with Crippen LogP contribution >= 0.6 is 0 Å². The maximum atomic E-state index is 12.2. The molecule has 3 atom stereocenters. The quantitative estimate of drug-likeness (QED) is 0.229. The lowest BCUT2D eigenvalue weighted by Gasteiger charge is -2.18. The second-order valence-electron chi connectivity index (χ2n) is 7.08. The second kappa shape index (κ2) is 14.6. The van der Waals surface area contributed by atoms with Crippen LogP contribution in [0.3, 0.4) is 0 Å². The summed E-state index contributed by atoms with van der Waals surface area (Å²) in [6, 6.07) is 0. The van der Waals surface area contributed by atoms with Crippen molar-refractivity contribution in [2.45, 2.75) is 77.4 Å². The van der Waals surface area contributed by atoms with Gasteiger partial charge in [-0.3, -0.25) is 14.1 Å². The smallest absolute Gasteiger partial charge is 0.327 e. The summed E-state index contributed by atoms with van der Waals surface area (Å²) in [5.74, 6) is -1.72. The first-order valence-corrected chi connectivity index (χ1v) is 11.6. The first-order chi connectivity index (χ1) is 13.2. The zero-order valence-electron chi connectivity index (χ0n) is 17.4. The lowest BCUT2D eigenvalue weighted by molar-refractivity contribution is -0.151. The molecule has 1 unspecified atom stereocenters. The maximum Gasteiger partial charge on any atom is 0.327 e. The van der Waals surface area contributed by atoms with Crippen molar-refractivity contribution in [2.24, 2.45) is 11.8 Å². The monoisotopic (exact) mass is 420 g/mol. The zero-order valence-corrected chi connectivity index (χ0v) is 18.2. The molecule has 1 N–H and O–H groups in total. The molecule has 7 nitrogen and oxygen atoms in total. The third kappa shape index (κ3) is 11.4.